The number of Topliss-reactive ketones (excluding diaryl/α,β-unsaturated/α-hetero) is 1. The summed E-state index contributed by atoms with van der Waals surface area (Å²) in [6.07, 6.45) is 0.197. The predicted octanol–water partition coefficient (Wildman–Crippen LogP) is 2.61. The van der Waals surface area contributed by atoms with Gasteiger partial charge in [-0.05, 0) is 13.0 Å². The van der Waals surface area contributed by atoms with Crippen LogP contribution in [0.15, 0.2) is 18.2 Å². The van der Waals surface area contributed by atoms with E-state index in [1.165, 1.54) is 25.1 Å². The maximum Gasteiger partial charge on any atom is 0.312 e. The van der Waals surface area contributed by atoms with Gasteiger partial charge in [0.2, 0.25) is 5.75 Å². The van der Waals surface area contributed by atoms with Crippen LogP contribution in [0.25, 0.3) is 0 Å². The number of rotatable bonds is 5. The lowest BCUT2D eigenvalue weighted by Gasteiger charge is -2.06. The van der Waals surface area contributed by atoms with Gasteiger partial charge in [-0.15, -0.1) is 0 Å². The van der Waals surface area contributed by atoms with E-state index in [1.807, 2.05) is 0 Å². The standard InChI is InChI=1S/C10H10ClNO4/c1-7(13)5-6-16-10-8(11)3-2-4-9(10)12(14)15/h2-4H,5-6H2,1H3. The Morgan fingerprint density at radius 3 is 2.81 bits per heavy atom. The first kappa shape index (κ1) is 12.4. The number of halogens is 1. The molecule has 0 aliphatic rings. The second kappa shape index (κ2) is 5.46. The fourth-order valence-electron chi connectivity index (χ4n) is 1.08. The van der Waals surface area contributed by atoms with Gasteiger partial charge in [0, 0.05) is 12.5 Å². The summed E-state index contributed by atoms with van der Waals surface area (Å²) in [5, 5.41) is 10.8. The van der Waals surface area contributed by atoms with Gasteiger partial charge in [0.15, 0.2) is 0 Å². The van der Waals surface area contributed by atoms with Crippen LogP contribution in [0.2, 0.25) is 5.02 Å². The lowest BCUT2D eigenvalue weighted by atomic mass is 10.3. The van der Waals surface area contributed by atoms with Crippen molar-refractivity contribution in [1.82, 2.24) is 0 Å². The van der Waals surface area contributed by atoms with Crippen molar-refractivity contribution in [3.8, 4) is 5.75 Å². The molecule has 0 atom stereocenters. The van der Waals surface area contributed by atoms with Crippen LogP contribution in [0.5, 0.6) is 5.75 Å². The Kier molecular flexibility index (Phi) is 4.25. The zero-order valence-electron chi connectivity index (χ0n) is 8.60. The second-order valence-electron chi connectivity index (χ2n) is 3.15. The Morgan fingerprint density at radius 1 is 1.56 bits per heavy atom. The molecule has 6 heteroatoms. The highest BCUT2D eigenvalue weighted by molar-refractivity contribution is 6.32. The molecular formula is C10H10ClNO4. The third kappa shape index (κ3) is 3.20. The molecule has 5 nitrogen and oxygen atoms in total. The quantitative estimate of drug-likeness (QED) is 0.589. The van der Waals surface area contributed by atoms with Crippen LogP contribution in [-0.2, 0) is 4.79 Å². The van der Waals surface area contributed by atoms with E-state index in [4.69, 9.17) is 16.3 Å². The van der Waals surface area contributed by atoms with Crippen molar-refractivity contribution in [3.05, 3.63) is 33.3 Å². The summed E-state index contributed by atoms with van der Waals surface area (Å²) in [6.45, 7) is 1.50. The summed E-state index contributed by atoms with van der Waals surface area (Å²) < 4.78 is 5.15. The molecule has 0 aromatic heterocycles. The average Bonchev–Trinajstić information content (AvgIpc) is 2.19. The van der Waals surface area contributed by atoms with Gasteiger partial charge in [0.25, 0.3) is 0 Å². The molecule has 0 fully saturated rings. The highest BCUT2D eigenvalue weighted by Crippen LogP contribution is 2.34. The molecule has 0 unspecified atom stereocenters. The van der Waals surface area contributed by atoms with E-state index in [0.717, 1.165) is 0 Å². The Balaban J connectivity index is 2.84. The van der Waals surface area contributed by atoms with Crippen LogP contribution in [0.1, 0.15) is 13.3 Å². The molecule has 0 amide bonds. The third-order valence-electron chi connectivity index (χ3n) is 1.84. The van der Waals surface area contributed by atoms with Crippen LogP contribution in [0.3, 0.4) is 0 Å². The Morgan fingerprint density at radius 2 is 2.25 bits per heavy atom. The molecule has 0 heterocycles. The van der Waals surface area contributed by atoms with Crippen molar-refractivity contribution in [1.29, 1.82) is 0 Å². The highest BCUT2D eigenvalue weighted by atomic mass is 35.5. The third-order valence-corrected chi connectivity index (χ3v) is 2.14. The smallest absolute Gasteiger partial charge is 0.312 e. The summed E-state index contributed by atoms with van der Waals surface area (Å²) >= 11 is 5.77. The molecule has 1 aromatic carbocycles. The molecule has 0 radical (unpaired) electrons. The number of nitrogens with zero attached hydrogens (tertiary/aromatic N) is 1. The number of carbonyl (C=O) groups is 1. The monoisotopic (exact) mass is 243 g/mol. The Hall–Kier alpha value is -1.62. The van der Waals surface area contributed by atoms with E-state index < -0.39 is 4.92 Å². The molecule has 16 heavy (non-hydrogen) atoms. The molecule has 0 aliphatic heterocycles. The van der Waals surface area contributed by atoms with E-state index in [1.54, 1.807) is 0 Å². The van der Waals surface area contributed by atoms with Crippen molar-refractivity contribution < 1.29 is 14.5 Å². The number of para-hydroxylation sites is 1. The molecule has 0 saturated carbocycles. The number of ketones is 1. The molecule has 0 spiro atoms. The number of hydrogen-bond acceptors (Lipinski definition) is 4. The minimum absolute atomic E-state index is 0.00965. The Labute approximate surface area is 97.1 Å². The van der Waals surface area contributed by atoms with Crippen molar-refractivity contribution in [2.24, 2.45) is 0 Å². The summed E-state index contributed by atoms with van der Waals surface area (Å²) in [5.74, 6) is -0.0369. The zero-order chi connectivity index (χ0) is 12.1. The van der Waals surface area contributed by atoms with E-state index >= 15 is 0 Å². The highest BCUT2D eigenvalue weighted by Gasteiger charge is 2.17. The second-order valence-corrected chi connectivity index (χ2v) is 3.55. The molecule has 86 valence electrons. The van der Waals surface area contributed by atoms with Gasteiger partial charge in [-0.3, -0.25) is 14.9 Å². The largest absolute Gasteiger partial charge is 0.485 e. The lowest BCUT2D eigenvalue weighted by molar-refractivity contribution is -0.385. The maximum atomic E-state index is 10.7. The van der Waals surface area contributed by atoms with Crippen LogP contribution >= 0.6 is 11.6 Å². The van der Waals surface area contributed by atoms with Crippen LogP contribution in [-0.4, -0.2) is 17.3 Å². The van der Waals surface area contributed by atoms with Gasteiger partial charge in [-0.25, -0.2) is 0 Å². The number of nitro benzene ring substituents is 1. The van der Waals surface area contributed by atoms with Crippen molar-refractivity contribution in [3.63, 3.8) is 0 Å². The topological polar surface area (TPSA) is 69.4 Å². The molecule has 1 aromatic rings. The van der Waals surface area contributed by atoms with E-state index in [2.05, 4.69) is 0 Å². The minimum atomic E-state index is -0.574. The number of carbonyl (C=O) groups excluding carboxylic acids is 1. The number of benzene rings is 1. The van der Waals surface area contributed by atoms with Crippen molar-refractivity contribution in [2.45, 2.75) is 13.3 Å². The normalized spacial score (nSPS) is 9.88. The van der Waals surface area contributed by atoms with Gasteiger partial charge in [-0.1, -0.05) is 17.7 Å². The molecule has 0 bridgehead atoms. The molecule has 0 saturated heterocycles. The number of ether oxygens (including phenoxy) is 1. The fraction of sp³-hybridized carbons (Fsp3) is 0.300. The molecular weight excluding hydrogens is 234 g/mol. The Bertz CT molecular complexity index is 419. The fourth-order valence-corrected chi connectivity index (χ4v) is 1.31. The molecule has 0 aliphatic carbocycles. The van der Waals surface area contributed by atoms with Crippen LogP contribution < -0.4 is 4.74 Å². The summed E-state index contributed by atoms with van der Waals surface area (Å²) in [4.78, 5) is 20.8. The number of hydrogen-bond donors (Lipinski definition) is 0. The summed E-state index contributed by atoms with van der Waals surface area (Å²) in [6, 6.07) is 4.27. The molecule has 0 N–H and O–H groups in total. The zero-order valence-corrected chi connectivity index (χ0v) is 9.36. The predicted molar refractivity (Wildman–Crippen MR) is 58.9 cm³/mol. The van der Waals surface area contributed by atoms with Gasteiger partial charge < -0.3 is 4.74 Å². The van der Waals surface area contributed by atoms with Gasteiger partial charge in [0.1, 0.15) is 5.78 Å². The minimum Gasteiger partial charge on any atom is -0.485 e. The van der Waals surface area contributed by atoms with Gasteiger partial charge in [-0.2, -0.15) is 0 Å². The first-order valence-corrected chi connectivity index (χ1v) is 4.95. The SMILES string of the molecule is CC(=O)CCOc1c(Cl)cccc1[N+](=O)[O-]. The first-order valence-electron chi connectivity index (χ1n) is 4.57. The summed E-state index contributed by atoms with van der Waals surface area (Å²) in [7, 11) is 0. The van der Waals surface area contributed by atoms with E-state index in [0.29, 0.717) is 0 Å². The van der Waals surface area contributed by atoms with Crippen molar-refractivity contribution >= 4 is 23.1 Å². The van der Waals surface area contributed by atoms with E-state index in [9.17, 15) is 14.9 Å². The number of nitro groups is 1. The van der Waals surface area contributed by atoms with E-state index in [-0.39, 0.29) is 35.3 Å². The lowest BCUT2D eigenvalue weighted by Crippen LogP contribution is -2.04. The van der Waals surface area contributed by atoms with Crippen molar-refractivity contribution in [2.75, 3.05) is 6.61 Å². The molecule has 1 rings (SSSR count). The van der Waals surface area contributed by atoms with Gasteiger partial charge in [0.05, 0.1) is 16.6 Å². The summed E-state index contributed by atoms with van der Waals surface area (Å²) in [5.41, 5.74) is -0.198. The van der Waals surface area contributed by atoms with Crippen LogP contribution in [0.4, 0.5) is 5.69 Å². The average molecular weight is 244 g/mol. The maximum absolute atomic E-state index is 10.7. The van der Waals surface area contributed by atoms with Gasteiger partial charge >= 0.3 is 5.69 Å². The van der Waals surface area contributed by atoms with Crippen LogP contribution in [0, 0.1) is 10.1 Å². The first-order chi connectivity index (χ1) is 7.52.